The van der Waals surface area contributed by atoms with E-state index in [9.17, 15) is 0 Å². The van der Waals surface area contributed by atoms with Crippen LogP contribution in [-0.4, -0.2) is 65.1 Å². The normalized spacial score (nSPS) is 24.3. The summed E-state index contributed by atoms with van der Waals surface area (Å²) in [5.41, 5.74) is 0.273. The van der Waals surface area contributed by atoms with Gasteiger partial charge in [-0.3, -0.25) is 0 Å². The summed E-state index contributed by atoms with van der Waals surface area (Å²) in [7, 11) is 3.94. The van der Waals surface area contributed by atoms with E-state index in [1.165, 1.54) is 12.8 Å². The first-order valence-electron chi connectivity index (χ1n) is 7.54. The molecule has 1 unspecified atom stereocenters. The molecule has 0 aromatic rings. The van der Waals surface area contributed by atoms with E-state index in [2.05, 4.69) is 31.1 Å². The second kappa shape index (κ2) is 8.90. The van der Waals surface area contributed by atoms with Crippen LogP contribution in [0.4, 0.5) is 0 Å². The Hall–Kier alpha value is -0.160. The average Bonchev–Trinajstić information content (AvgIpc) is 2.37. The maximum Gasteiger partial charge on any atom is 0.0589 e. The van der Waals surface area contributed by atoms with Gasteiger partial charge in [0.1, 0.15) is 0 Å². The maximum absolute atomic E-state index is 5.75. The molecule has 0 aromatic heterocycles. The summed E-state index contributed by atoms with van der Waals surface area (Å²) in [6.07, 6.45) is 2.44. The van der Waals surface area contributed by atoms with Crippen LogP contribution in [0.15, 0.2) is 0 Å². The van der Waals surface area contributed by atoms with Crippen LogP contribution in [0, 0.1) is 11.3 Å². The van der Waals surface area contributed by atoms with Crippen LogP contribution in [0.25, 0.3) is 0 Å². The Morgan fingerprint density at radius 2 is 2.21 bits per heavy atom. The van der Waals surface area contributed by atoms with Gasteiger partial charge in [-0.1, -0.05) is 13.8 Å². The van der Waals surface area contributed by atoms with Crippen molar-refractivity contribution in [2.24, 2.45) is 11.3 Å². The third-order valence-electron chi connectivity index (χ3n) is 3.74. The Balaban J connectivity index is 2.44. The van der Waals surface area contributed by atoms with Gasteiger partial charge >= 0.3 is 0 Å². The molecule has 1 fully saturated rings. The molecule has 1 rings (SSSR count). The van der Waals surface area contributed by atoms with E-state index < -0.39 is 0 Å². The van der Waals surface area contributed by atoms with Gasteiger partial charge in [0.25, 0.3) is 0 Å². The highest BCUT2D eigenvalue weighted by Gasteiger charge is 2.33. The van der Waals surface area contributed by atoms with Gasteiger partial charge in [-0.2, -0.15) is 0 Å². The van der Waals surface area contributed by atoms with Crippen LogP contribution in [0.2, 0.25) is 0 Å². The molecule has 0 bridgehead atoms. The van der Waals surface area contributed by atoms with Crippen LogP contribution >= 0.6 is 0 Å². The molecule has 0 spiro atoms. The molecule has 1 atom stereocenters. The van der Waals surface area contributed by atoms with E-state index >= 15 is 0 Å². The van der Waals surface area contributed by atoms with Crippen molar-refractivity contribution in [3.63, 3.8) is 0 Å². The fourth-order valence-corrected chi connectivity index (χ4v) is 2.75. The molecule has 4 nitrogen and oxygen atoms in total. The number of ether oxygens (including phenoxy) is 2. The fraction of sp³-hybridized carbons (Fsp3) is 1.00. The summed E-state index contributed by atoms with van der Waals surface area (Å²) in [6.45, 7) is 11.3. The van der Waals surface area contributed by atoms with E-state index in [1.54, 1.807) is 7.11 Å². The van der Waals surface area contributed by atoms with Crippen molar-refractivity contribution in [3.05, 3.63) is 0 Å². The molecule has 1 aliphatic rings. The molecule has 0 saturated carbocycles. The van der Waals surface area contributed by atoms with Crippen molar-refractivity contribution < 1.29 is 9.47 Å². The third kappa shape index (κ3) is 6.70. The first kappa shape index (κ1) is 16.9. The van der Waals surface area contributed by atoms with E-state index in [0.717, 1.165) is 46.0 Å². The molecule has 0 radical (unpaired) electrons. The Morgan fingerprint density at radius 1 is 1.42 bits per heavy atom. The summed E-state index contributed by atoms with van der Waals surface area (Å²) in [4.78, 5) is 2.37. The van der Waals surface area contributed by atoms with Crippen LogP contribution < -0.4 is 5.32 Å². The third-order valence-corrected chi connectivity index (χ3v) is 3.74. The fourth-order valence-electron chi connectivity index (χ4n) is 2.75. The minimum atomic E-state index is 0.273. The topological polar surface area (TPSA) is 33.7 Å². The van der Waals surface area contributed by atoms with Crippen molar-refractivity contribution in [2.75, 3.05) is 60.2 Å². The number of nitrogens with one attached hydrogen (secondary N) is 1. The Kier molecular flexibility index (Phi) is 7.91. The van der Waals surface area contributed by atoms with Gasteiger partial charge in [0.15, 0.2) is 0 Å². The Labute approximate surface area is 118 Å². The lowest BCUT2D eigenvalue weighted by molar-refractivity contribution is -0.0250. The summed E-state index contributed by atoms with van der Waals surface area (Å²) < 4.78 is 10.9. The molecule has 1 saturated heterocycles. The highest BCUT2D eigenvalue weighted by molar-refractivity contribution is 4.86. The molecular weight excluding hydrogens is 240 g/mol. The molecule has 0 amide bonds. The van der Waals surface area contributed by atoms with Crippen molar-refractivity contribution in [1.29, 1.82) is 0 Å². The molecule has 1 aliphatic heterocycles. The predicted octanol–water partition coefficient (Wildman–Crippen LogP) is 1.61. The summed E-state index contributed by atoms with van der Waals surface area (Å²) in [5, 5.41) is 3.62. The lowest BCUT2D eigenvalue weighted by Gasteiger charge is -2.40. The first-order valence-corrected chi connectivity index (χ1v) is 7.54. The largest absolute Gasteiger partial charge is 0.383 e. The number of nitrogens with zero attached hydrogens (tertiary/aromatic N) is 1. The smallest absolute Gasteiger partial charge is 0.0589 e. The van der Waals surface area contributed by atoms with Gasteiger partial charge in [0, 0.05) is 38.8 Å². The zero-order valence-corrected chi connectivity index (χ0v) is 13.2. The van der Waals surface area contributed by atoms with Gasteiger partial charge in [-0.25, -0.2) is 0 Å². The first-order chi connectivity index (χ1) is 9.08. The second-order valence-electron chi connectivity index (χ2n) is 6.41. The summed E-state index contributed by atoms with van der Waals surface area (Å²) in [5.74, 6) is 0.702. The number of rotatable bonds is 9. The van der Waals surface area contributed by atoms with Crippen LogP contribution in [0.1, 0.15) is 26.7 Å². The molecule has 19 heavy (non-hydrogen) atoms. The van der Waals surface area contributed by atoms with Crippen LogP contribution in [0.5, 0.6) is 0 Å². The van der Waals surface area contributed by atoms with E-state index in [4.69, 9.17) is 9.47 Å². The van der Waals surface area contributed by atoms with Crippen molar-refractivity contribution in [1.82, 2.24) is 10.2 Å². The lowest BCUT2D eigenvalue weighted by Crippen LogP contribution is -2.49. The zero-order valence-electron chi connectivity index (χ0n) is 13.2. The highest BCUT2D eigenvalue weighted by Crippen LogP contribution is 2.28. The predicted molar refractivity (Wildman–Crippen MR) is 79.6 cm³/mol. The monoisotopic (exact) mass is 272 g/mol. The van der Waals surface area contributed by atoms with Crippen LogP contribution in [-0.2, 0) is 9.47 Å². The van der Waals surface area contributed by atoms with Gasteiger partial charge in [0.2, 0.25) is 0 Å². The summed E-state index contributed by atoms with van der Waals surface area (Å²) in [6, 6.07) is 0. The quantitative estimate of drug-likeness (QED) is 0.691. The summed E-state index contributed by atoms with van der Waals surface area (Å²) >= 11 is 0. The molecular formula is C15H32N2O2. The van der Waals surface area contributed by atoms with Gasteiger partial charge < -0.3 is 19.7 Å². The molecule has 0 aromatic carbocycles. The minimum Gasteiger partial charge on any atom is -0.383 e. The van der Waals surface area contributed by atoms with Crippen molar-refractivity contribution in [3.8, 4) is 0 Å². The molecule has 114 valence electrons. The zero-order chi connectivity index (χ0) is 14.1. The number of hydrogen-bond donors (Lipinski definition) is 1. The van der Waals surface area contributed by atoms with E-state index in [0.29, 0.717) is 5.92 Å². The lowest BCUT2D eigenvalue weighted by atomic mass is 9.81. The molecule has 0 aliphatic carbocycles. The van der Waals surface area contributed by atoms with Crippen LogP contribution in [0.3, 0.4) is 0 Å². The Bertz CT molecular complexity index is 228. The number of methoxy groups -OCH3 is 1. The Morgan fingerprint density at radius 3 is 2.79 bits per heavy atom. The SMILES string of the molecule is COCCN(C)CC1(CNCC(C)C)CCCOC1. The molecule has 1 heterocycles. The standard InChI is InChI=1S/C15H32N2O2/c1-14(2)10-16-11-15(6-5-8-19-13-15)12-17(3)7-9-18-4/h14,16H,5-13H2,1-4H3. The van der Waals surface area contributed by atoms with Crippen molar-refractivity contribution >= 4 is 0 Å². The molecule has 1 N–H and O–H groups in total. The van der Waals surface area contributed by atoms with Gasteiger partial charge in [0.05, 0.1) is 13.2 Å². The average molecular weight is 272 g/mol. The van der Waals surface area contributed by atoms with Crippen molar-refractivity contribution in [2.45, 2.75) is 26.7 Å². The van der Waals surface area contributed by atoms with Gasteiger partial charge in [-0.15, -0.1) is 0 Å². The number of hydrogen-bond acceptors (Lipinski definition) is 4. The van der Waals surface area contributed by atoms with E-state index in [-0.39, 0.29) is 5.41 Å². The number of likely N-dealkylation sites (N-methyl/N-ethyl adjacent to an activating group) is 1. The van der Waals surface area contributed by atoms with Gasteiger partial charge in [-0.05, 0) is 32.4 Å². The maximum atomic E-state index is 5.75. The minimum absolute atomic E-state index is 0.273. The molecule has 4 heteroatoms. The second-order valence-corrected chi connectivity index (χ2v) is 6.41. The highest BCUT2D eigenvalue weighted by atomic mass is 16.5. The van der Waals surface area contributed by atoms with E-state index in [1.807, 2.05) is 0 Å².